The second kappa shape index (κ2) is 3.73. The van der Waals surface area contributed by atoms with Crippen LogP contribution in [0.5, 0.6) is 5.75 Å². The molecule has 1 heterocycles. The topological polar surface area (TPSA) is 38.0 Å². The molecule has 0 unspecified atom stereocenters. The second-order valence-corrected chi connectivity index (χ2v) is 3.20. The van der Waals surface area contributed by atoms with E-state index in [0.29, 0.717) is 17.8 Å². The van der Waals surface area contributed by atoms with E-state index in [0.717, 1.165) is 0 Å². The fourth-order valence-electron chi connectivity index (χ4n) is 1.55. The summed E-state index contributed by atoms with van der Waals surface area (Å²) in [7, 11) is 0. The molecular weight excluding hydrogens is 195 g/mol. The number of hydrogen-bond acceptors (Lipinski definition) is 2. The first-order chi connectivity index (χ1) is 7.22. The van der Waals surface area contributed by atoms with Crippen molar-refractivity contribution in [1.29, 1.82) is 0 Å². The molecule has 4 heteroatoms. The Morgan fingerprint density at radius 2 is 2.27 bits per heavy atom. The van der Waals surface area contributed by atoms with Gasteiger partial charge in [-0.3, -0.25) is 4.68 Å². The highest BCUT2D eigenvalue weighted by atomic mass is 19.1. The third-order valence-electron chi connectivity index (χ3n) is 2.22. The van der Waals surface area contributed by atoms with Gasteiger partial charge in [-0.25, -0.2) is 4.39 Å². The van der Waals surface area contributed by atoms with E-state index < -0.39 is 0 Å². The average Bonchev–Trinajstić information content (AvgIpc) is 2.59. The van der Waals surface area contributed by atoms with Crippen molar-refractivity contribution in [1.82, 2.24) is 9.78 Å². The van der Waals surface area contributed by atoms with Gasteiger partial charge >= 0.3 is 0 Å². The molecule has 15 heavy (non-hydrogen) atoms. The summed E-state index contributed by atoms with van der Waals surface area (Å²) in [5.74, 6) is -0.252. The highest BCUT2D eigenvalue weighted by Crippen LogP contribution is 2.28. The highest BCUT2D eigenvalue weighted by molar-refractivity contribution is 5.65. The molecule has 1 aromatic carbocycles. The molecule has 0 aliphatic carbocycles. The first-order valence-electron chi connectivity index (χ1n) is 4.73. The van der Waals surface area contributed by atoms with Crippen LogP contribution in [0.4, 0.5) is 4.39 Å². The first kappa shape index (κ1) is 9.71. The fourth-order valence-corrected chi connectivity index (χ4v) is 1.55. The number of hydrogen-bond donors (Lipinski definition) is 1. The van der Waals surface area contributed by atoms with Gasteiger partial charge in [0.15, 0.2) is 5.75 Å². The van der Waals surface area contributed by atoms with Gasteiger partial charge in [0.25, 0.3) is 0 Å². The Kier molecular flexibility index (Phi) is 2.41. The average molecular weight is 206 g/mol. The van der Waals surface area contributed by atoms with Crippen LogP contribution >= 0.6 is 0 Å². The first-order valence-corrected chi connectivity index (χ1v) is 4.73. The molecule has 0 spiro atoms. The number of aromatic nitrogens is 2. The minimum absolute atomic E-state index is 0.0717. The SMILES string of the molecule is CCn1ncc(O)c1-c1cccc(F)c1. The number of rotatable bonds is 2. The highest BCUT2D eigenvalue weighted by Gasteiger charge is 2.11. The summed E-state index contributed by atoms with van der Waals surface area (Å²) >= 11 is 0. The molecule has 0 atom stereocenters. The van der Waals surface area contributed by atoms with Crippen LogP contribution in [0.2, 0.25) is 0 Å². The molecule has 0 saturated heterocycles. The monoisotopic (exact) mass is 206 g/mol. The van der Waals surface area contributed by atoms with Crippen LogP contribution in [0.3, 0.4) is 0 Å². The molecule has 0 radical (unpaired) electrons. The molecule has 0 aliphatic heterocycles. The van der Waals surface area contributed by atoms with Gasteiger partial charge < -0.3 is 5.11 Å². The zero-order valence-corrected chi connectivity index (χ0v) is 8.31. The summed E-state index contributed by atoms with van der Waals surface area (Å²) in [5, 5.41) is 13.6. The number of halogens is 1. The molecule has 78 valence electrons. The number of aryl methyl sites for hydroxylation is 1. The lowest BCUT2D eigenvalue weighted by Crippen LogP contribution is -1.98. The van der Waals surface area contributed by atoms with E-state index in [1.807, 2.05) is 6.92 Å². The molecule has 0 aliphatic rings. The molecule has 1 aromatic heterocycles. The van der Waals surface area contributed by atoms with Crippen molar-refractivity contribution in [3.8, 4) is 17.0 Å². The van der Waals surface area contributed by atoms with Crippen molar-refractivity contribution in [2.75, 3.05) is 0 Å². The fraction of sp³-hybridized carbons (Fsp3) is 0.182. The molecule has 2 aromatic rings. The van der Waals surface area contributed by atoms with Gasteiger partial charge in [0, 0.05) is 12.1 Å². The van der Waals surface area contributed by atoms with Crippen molar-refractivity contribution >= 4 is 0 Å². The van der Waals surface area contributed by atoms with Gasteiger partial charge in [0.05, 0.1) is 6.20 Å². The lowest BCUT2D eigenvalue weighted by atomic mass is 10.1. The molecule has 1 N–H and O–H groups in total. The van der Waals surface area contributed by atoms with E-state index in [2.05, 4.69) is 5.10 Å². The normalized spacial score (nSPS) is 10.5. The predicted molar refractivity (Wildman–Crippen MR) is 55.0 cm³/mol. The van der Waals surface area contributed by atoms with E-state index in [1.165, 1.54) is 18.3 Å². The van der Waals surface area contributed by atoms with Gasteiger partial charge in [0.1, 0.15) is 11.5 Å². The van der Waals surface area contributed by atoms with Crippen molar-refractivity contribution < 1.29 is 9.50 Å². The quantitative estimate of drug-likeness (QED) is 0.819. The third-order valence-corrected chi connectivity index (χ3v) is 2.22. The number of benzene rings is 1. The van der Waals surface area contributed by atoms with Crippen molar-refractivity contribution in [3.63, 3.8) is 0 Å². The van der Waals surface area contributed by atoms with Crippen LogP contribution in [0.1, 0.15) is 6.92 Å². The van der Waals surface area contributed by atoms with Crippen LogP contribution in [0.25, 0.3) is 11.3 Å². The van der Waals surface area contributed by atoms with Gasteiger partial charge in [-0.05, 0) is 19.1 Å². The van der Waals surface area contributed by atoms with E-state index in [1.54, 1.807) is 16.8 Å². The summed E-state index contributed by atoms with van der Waals surface area (Å²) in [5.41, 5.74) is 1.18. The van der Waals surface area contributed by atoms with Gasteiger partial charge in [-0.15, -0.1) is 0 Å². The maximum atomic E-state index is 13.0. The minimum atomic E-state index is -0.323. The minimum Gasteiger partial charge on any atom is -0.504 e. The smallest absolute Gasteiger partial charge is 0.161 e. The third kappa shape index (κ3) is 1.70. The summed E-state index contributed by atoms with van der Waals surface area (Å²) in [4.78, 5) is 0. The van der Waals surface area contributed by atoms with Crippen molar-refractivity contribution in [3.05, 3.63) is 36.3 Å². The largest absolute Gasteiger partial charge is 0.504 e. The summed E-state index contributed by atoms with van der Waals surface area (Å²) in [6.45, 7) is 2.54. The Morgan fingerprint density at radius 1 is 1.47 bits per heavy atom. The number of aromatic hydroxyl groups is 1. The lowest BCUT2D eigenvalue weighted by molar-refractivity contribution is 0.476. The van der Waals surface area contributed by atoms with Crippen LogP contribution in [-0.2, 0) is 6.54 Å². The van der Waals surface area contributed by atoms with Crippen LogP contribution < -0.4 is 0 Å². The van der Waals surface area contributed by atoms with Crippen molar-refractivity contribution in [2.24, 2.45) is 0 Å². The van der Waals surface area contributed by atoms with E-state index in [-0.39, 0.29) is 11.6 Å². The zero-order chi connectivity index (χ0) is 10.8. The van der Waals surface area contributed by atoms with E-state index in [9.17, 15) is 9.50 Å². The predicted octanol–water partition coefficient (Wildman–Crippen LogP) is 2.41. The maximum Gasteiger partial charge on any atom is 0.161 e. The molecule has 0 amide bonds. The van der Waals surface area contributed by atoms with Gasteiger partial charge in [-0.2, -0.15) is 5.10 Å². The summed E-state index contributed by atoms with van der Waals surface area (Å²) in [6.07, 6.45) is 1.36. The summed E-state index contributed by atoms with van der Waals surface area (Å²) < 4.78 is 14.6. The Labute approximate surface area is 86.8 Å². The van der Waals surface area contributed by atoms with Crippen LogP contribution in [0.15, 0.2) is 30.5 Å². The molecule has 0 fully saturated rings. The van der Waals surface area contributed by atoms with Crippen LogP contribution in [0, 0.1) is 5.82 Å². The molecular formula is C11H11FN2O. The molecule has 0 bridgehead atoms. The van der Waals surface area contributed by atoms with E-state index in [4.69, 9.17) is 0 Å². The lowest BCUT2D eigenvalue weighted by Gasteiger charge is -2.05. The zero-order valence-electron chi connectivity index (χ0n) is 8.31. The maximum absolute atomic E-state index is 13.0. The molecule has 3 nitrogen and oxygen atoms in total. The van der Waals surface area contributed by atoms with Gasteiger partial charge in [-0.1, -0.05) is 12.1 Å². The van der Waals surface area contributed by atoms with Crippen LogP contribution in [-0.4, -0.2) is 14.9 Å². The number of nitrogens with zero attached hydrogens (tertiary/aromatic N) is 2. The van der Waals surface area contributed by atoms with Gasteiger partial charge in [0.2, 0.25) is 0 Å². The Morgan fingerprint density at radius 3 is 2.93 bits per heavy atom. The molecule has 2 rings (SSSR count). The Bertz CT molecular complexity index is 479. The standard InChI is InChI=1S/C11H11FN2O/c1-2-14-11(10(15)7-13-14)8-4-3-5-9(12)6-8/h3-7,15H,2H2,1H3. The van der Waals surface area contributed by atoms with E-state index >= 15 is 0 Å². The second-order valence-electron chi connectivity index (χ2n) is 3.20. The Balaban J connectivity index is 2.57. The molecule has 0 saturated carbocycles. The Hall–Kier alpha value is -1.84. The van der Waals surface area contributed by atoms with Crippen molar-refractivity contribution in [2.45, 2.75) is 13.5 Å². The summed E-state index contributed by atoms with van der Waals surface area (Å²) in [6, 6.07) is 6.10.